The van der Waals surface area contributed by atoms with Crippen molar-refractivity contribution < 1.29 is 14.3 Å². The van der Waals surface area contributed by atoms with Gasteiger partial charge in [0.15, 0.2) is 0 Å². The van der Waals surface area contributed by atoms with Crippen LogP contribution in [0.25, 0.3) is 0 Å². The van der Waals surface area contributed by atoms with Crippen LogP contribution in [0.5, 0.6) is 0 Å². The first-order valence-corrected chi connectivity index (χ1v) is 3.66. The molecule has 0 spiro atoms. The maximum Gasteiger partial charge on any atom is 0.290 e. The van der Waals surface area contributed by atoms with Gasteiger partial charge in [0.2, 0.25) is 0 Å². The fourth-order valence-corrected chi connectivity index (χ4v) is 0.752. The van der Waals surface area contributed by atoms with Crippen LogP contribution in [-0.4, -0.2) is 11.6 Å². The molecule has 0 fully saturated rings. The number of carbonyl (C=O) groups is 1. The molecule has 66 valence electrons. The molecular formula is C8H8ClFO2. The lowest BCUT2D eigenvalue weighted by molar-refractivity contribution is -0.122. The Labute approximate surface area is 74.6 Å². The van der Waals surface area contributed by atoms with E-state index in [-0.39, 0.29) is 12.3 Å². The lowest BCUT2D eigenvalue weighted by Crippen LogP contribution is -1.76. The topological polar surface area (TPSA) is 37.3 Å². The van der Waals surface area contributed by atoms with Crippen molar-refractivity contribution >= 4 is 18.1 Å². The van der Waals surface area contributed by atoms with Crippen molar-refractivity contribution in [2.45, 2.75) is 5.88 Å². The van der Waals surface area contributed by atoms with Gasteiger partial charge >= 0.3 is 0 Å². The van der Waals surface area contributed by atoms with Crippen molar-refractivity contribution in [2.75, 3.05) is 0 Å². The minimum Gasteiger partial charge on any atom is -0.483 e. The summed E-state index contributed by atoms with van der Waals surface area (Å²) in [5.74, 6) is 0.226. The number of hydrogen-bond donors (Lipinski definition) is 1. The van der Waals surface area contributed by atoms with E-state index in [1.165, 1.54) is 12.1 Å². The Morgan fingerprint density at radius 2 is 1.83 bits per heavy atom. The smallest absolute Gasteiger partial charge is 0.290 e. The largest absolute Gasteiger partial charge is 0.483 e. The van der Waals surface area contributed by atoms with Gasteiger partial charge in [0.05, 0.1) is 0 Å². The Morgan fingerprint density at radius 1 is 1.42 bits per heavy atom. The molecule has 0 aliphatic carbocycles. The van der Waals surface area contributed by atoms with E-state index in [1.54, 1.807) is 12.1 Å². The van der Waals surface area contributed by atoms with Crippen LogP contribution in [0, 0.1) is 5.82 Å². The Bertz CT molecular complexity index is 223. The first kappa shape index (κ1) is 10.9. The van der Waals surface area contributed by atoms with Crippen LogP contribution in [0.15, 0.2) is 24.3 Å². The second kappa shape index (κ2) is 6.61. The zero-order chi connectivity index (χ0) is 9.40. The number of hydrogen-bond acceptors (Lipinski definition) is 1. The fraction of sp³-hybridized carbons (Fsp3) is 0.125. The van der Waals surface area contributed by atoms with Crippen molar-refractivity contribution in [1.82, 2.24) is 0 Å². The van der Waals surface area contributed by atoms with Crippen LogP contribution < -0.4 is 0 Å². The van der Waals surface area contributed by atoms with Gasteiger partial charge in [-0.3, -0.25) is 4.79 Å². The molecule has 0 atom stereocenters. The van der Waals surface area contributed by atoms with Crippen LogP contribution in [0.1, 0.15) is 5.56 Å². The normalized spacial score (nSPS) is 8.17. The molecule has 0 saturated carbocycles. The Kier molecular flexibility index (Phi) is 6.01. The van der Waals surface area contributed by atoms with Gasteiger partial charge in [0.1, 0.15) is 5.82 Å². The fourth-order valence-electron chi connectivity index (χ4n) is 0.573. The van der Waals surface area contributed by atoms with E-state index in [4.69, 9.17) is 21.5 Å². The van der Waals surface area contributed by atoms with Gasteiger partial charge < -0.3 is 5.11 Å². The summed E-state index contributed by atoms with van der Waals surface area (Å²) < 4.78 is 12.2. The highest BCUT2D eigenvalue weighted by atomic mass is 35.5. The summed E-state index contributed by atoms with van der Waals surface area (Å²) >= 11 is 5.46. The van der Waals surface area contributed by atoms with Crippen molar-refractivity contribution in [3.63, 3.8) is 0 Å². The zero-order valence-corrected chi connectivity index (χ0v) is 6.96. The lowest BCUT2D eigenvalue weighted by atomic mass is 10.2. The molecule has 0 heterocycles. The first-order chi connectivity index (χ1) is 5.74. The summed E-state index contributed by atoms with van der Waals surface area (Å²) in [5.41, 5.74) is 0.943. The minimum atomic E-state index is -0.250. The van der Waals surface area contributed by atoms with Crippen LogP contribution in [0.2, 0.25) is 0 Å². The van der Waals surface area contributed by atoms with E-state index in [2.05, 4.69) is 0 Å². The summed E-state index contributed by atoms with van der Waals surface area (Å²) in [6.07, 6.45) is 0. The molecule has 0 unspecified atom stereocenters. The third-order valence-electron chi connectivity index (χ3n) is 1.07. The molecule has 0 radical (unpaired) electrons. The summed E-state index contributed by atoms with van der Waals surface area (Å²) in [4.78, 5) is 8.36. The molecule has 0 aliphatic rings. The summed E-state index contributed by atoms with van der Waals surface area (Å²) in [7, 11) is 0. The quantitative estimate of drug-likeness (QED) is 0.545. The van der Waals surface area contributed by atoms with E-state index in [0.29, 0.717) is 5.88 Å². The first-order valence-electron chi connectivity index (χ1n) is 3.13. The number of alkyl halides is 1. The monoisotopic (exact) mass is 190 g/mol. The van der Waals surface area contributed by atoms with Gasteiger partial charge in [0, 0.05) is 5.88 Å². The SMILES string of the molecule is Fc1ccc(CCl)cc1.O=CO. The third-order valence-corrected chi connectivity index (χ3v) is 1.38. The lowest BCUT2D eigenvalue weighted by Gasteiger charge is -1.91. The maximum atomic E-state index is 12.2. The Balaban J connectivity index is 0.000000354. The molecule has 0 aliphatic heterocycles. The number of halogens is 2. The second-order valence-corrected chi connectivity index (χ2v) is 2.13. The molecule has 0 bridgehead atoms. The zero-order valence-electron chi connectivity index (χ0n) is 6.21. The number of carboxylic acid groups (broad SMARTS) is 1. The molecule has 12 heavy (non-hydrogen) atoms. The standard InChI is InChI=1S/C7H6ClF.CH2O2/c8-5-6-1-3-7(9)4-2-6;2-1-3/h1-4H,5H2;1H,(H,2,3). The predicted octanol–water partition coefficient (Wildman–Crippen LogP) is 2.27. The summed E-state index contributed by atoms with van der Waals surface area (Å²) in [6, 6.07) is 6.14. The van der Waals surface area contributed by atoms with Crippen molar-refractivity contribution in [3.8, 4) is 0 Å². The van der Waals surface area contributed by atoms with Crippen LogP contribution in [0.3, 0.4) is 0 Å². The van der Waals surface area contributed by atoms with Crippen molar-refractivity contribution in [3.05, 3.63) is 35.6 Å². The number of benzene rings is 1. The average Bonchev–Trinajstić information content (AvgIpc) is 2.07. The third kappa shape index (κ3) is 4.68. The van der Waals surface area contributed by atoms with E-state index >= 15 is 0 Å². The highest BCUT2D eigenvalue weighted by molar-refractivity contribution is 6.17. The number of rotatable bonds is 1. The molecule has 2 nitrogen and oxygen atoms in total. The van der Waals surface area contributed by atoms with Crippen LogP contribution in [-0.2, 0) is 10.7 Å². The molecule has 1 aromatic carbocycles. The molecule has 1 aromatic rings. The van der Waals surface area contributed by atoms with Crippen molar-refractivity contribution in [1.29, 1.82) is 0 Å². The van der Waals surface area contributed by atoms with Gasteiger partial charge in [-0.1, -0.05) is 12.1 Å². The summed E-state index contributed by atoms with van der Waals surface area (Å²) in [6.45, 7) is -0.250. The van der Waals surface area contributed by atoms with Gasteiger partial charge in [-0.15, -0.1) is 11.6 Å². The van der Waals surface area contributed by atoms with Crippen molar-refractivity contribution in [2.24, 2.45) is 0 Å². The Hall–Kier alpha value is -1.09. The molecule has 0 aromatic heterocycles. The van der Waals surface area contributed by atoms with Crippen LogP contribution >= 0.6 is 11.6 Å². The minimum absolute atomic E-state index is 0.219. The molecular weight excluding hydrogens is 183 g/mol. The van der Waals surface area contributed by atoms with E-state index in [9.17, 15) is 4.39 Å². The second-order valence-electron chi connectivity index (χ2n) is 1.87. The van der Waals surface area contributed by atoms with Gasteiger partial charge in [-0.2, -0.15) is 0 Å². The van der Waals surface area contributed by atoms with E-state index < -0.39 is 0 Å². The van der Waals surface area contributed by atoms with Gasteiger partial charge in [-0.05, 0) is 17.7 Å². The predicted molar refractivity (Wildman–Crippen MR) is 44.6 cm³/mol. The van der Waals surface area contributed by atoms with Gasteiger partial charge in [0.25, 0.3) is 6.47 Å². The summed E-state index contributed by atoms with van der Waals surface area (Å²) in [5, 5.41) is 6.89. The molecule has 1 N–H and O–H groups in total. The maximum absolute atomic E-state index is 12.2. The van der Waals surface area contributed by atoms with Gasteiger partial charge in [-0.25, -0.2) is 4.39 Å². The highest BCUT2D eigenvalue weighted by Gasteiger charge is 1.88. The Morgan fingerprint density at radius 3 is 2.17 bits per heavy atom. The molecule has 0 amide bonds. The molecule has 0 saturated heterocycles. The average molecular weight is 191 g/mol. The molecule has 4 heteroatoms. The van der Waals surface area contributed by atoms with Crippen LogP contribution in [0.4, 0.5) is 4.39 Å². The highest BCUT2D eigenvalue weighted by Crippen LogP contribution is 2.04. The molecule has 1 rings (SSSR count). The van der Waals surface area contributed by atoms with E-state index in [1.807, 2.05) is 0 Å². The van der Waals surface area contributed by atoms with E-state index in [0.717, 1.165) is 5.56 Å².